The highest BCUT2D eigenvalue weighted by atomic mass is 32.2. The summed E-state index contributed by atoms with van der Waals surface area (Å²) in [5, 5.41) is 4.05. The maximum absolute atomic E-state index is 13.9. The minimum absolute atomic E-state index is 0.0280. The molecule has 0 N–H and O–H groups in total. The SMILES string of the molecule is O=C(Cn1cncn1)N1CCSC(c2ccccc2F)CC1. The molecule has 1 amide bonds. The molecule has 1 fully saturated rings. The molecule has 1 aliphatic heterocycles. The Hall–Kier alpha value is -1.89. The average Bonchev–Trinajstić information content (AvgIpc) is 2.90. The zero-order chi connectivity index (χ0) is 15.4. The van der Waals surface area contributed by atoms with Crippen molar-refractivity contribution in [2.24, 2.45) is 0 Å². The molecule has 1 aromatic carbocycles. The van der Waals surface area contributed by atoms with Crippen LogP contribution >= 0.6 is 11.8 Å². The lowest BCUT2D eigenvalue weighted by molar-refractivity contribution is -0.131. The first-order chi connectivity index (χ1) is 10.7. The van der Waals surface area contributed by atoms with Crippen molar-refractivity contribution in [3.8, 4) is 0 Å². The Labute approximate surface area is 132 Å². The molecule has 1 aliphatic rings. The summed E-state index contributed by atoms with van der Waals surface area (Å²) in [6.07, 6.45) is 3.71. The van der Waals surface area contributed by atoms with E-state index < -0.39 is 0 Å². The molecule has 3 rings (SSSR count). The van der Waals surface area contributed by atoms with Crippen LogP contribution in [-0.4, -0.2) is 44.4 Å². The number of rotatable bonds is 3. The second-order valence-corrected chi connectivity index (χ2v) is 6.45. The topological polar surface area (TPSA) is 51.0 Å². The summed E-state index contributed by atoms with van der Waals surface area (Å²) in [6, 6.07) is 6.89. The molecular formula is C15H17FN4OS. The van der Waals surface area contributed by atoms with Crippen LogP contribution in [0.4, 0.5) is 4.39 Å². The fourth-order valence-corrected chi connectivity index (χ4v) is 3.81. The van der Waals surface area contributed by atoms with Gasteiger partial charge in [0.15, 0.2) is 0 Å². The minimum Gasteiger partial charge on any atom is -0.340 e. The van der Waals surface area contributed by atoms with Gasteiger partial charge in [0.05, 0.1) is 0 Å². The first-order valence-electron chi connectivity index (χ1n) is 7.20. The van der Waals surface area contributed by atoms with Gasteiger partial charge in [-0.2, -0.15) is 16.9 Å². The Kier molecular flexibility index (Phi) is 4.72. The van der Waals surface area contributed by atoms with Crippen molar-refractivity contribution in [1.29, 1.82) is 0 Å². The summed E-state index contributed by atoms with van der Waals surface area (Å²) in [6.45, 7) is 1.53. The fourth-order valence-electron chi connectivity index (χ4n) is 2.56. The molecule has 0 radical (unpaired) electrons. The quantitative estimate of drug-likeness (QED) is 0.869. The third-order valence-corrected chi connectivity index (χ3v) is 5.02. The van der Waals surface area contributed by atoms with Crippen molar-refractivity contribution >= 4 is 17.7 Å². The Morgan fingerprint density at radius 2 is 2.23 bits per heavy atom. The summed E-state index contributed by atoms with van der Waals surface area (Å²) in [5.74, 6) is 0.671. The number of amides is 1. The van der Waals surface area contributed by atoms with E-state index in [1.165, 1.54) is 23.4 Å². The molecule has 0 saturated carbocycles. The number of aromatic nitrogens is 3. The molecule has 0 aliphatic carbocycles. The van der Waals surface area contributed by atoms with Gasteiger partial charge in [0, 0.05) is 29.7 Å². The highest BCUT2D eigenvalue weighted by Crippen LogP contribution is 2.35. The van der Waals surface area contributed by atoms with Crippen LogP contribution in [0.1, 0.15) is 17.2 Å². The van der Waals surface area contributed by atoms with Crippen LogP contribution in [0.25, 0.3) is 0 Å². The number of benzene rings is 1. The van der Waals surface area contributed by atoms with Crippen molar-refractivity contribution in [2.75, 3.05) is 18.8 Å². The van der Waals surface area contributed by atoms with Crippen LogP contribution in [0.5, 0.6) is 0 Å². The lowest BCUT2D eigenvalue weighted by Crippen LogP contribution is -2.35. The van der Waals surface area contributed by atoms with Crippen LogP contribution in [-0.2, 0) is 11.3 Å². The van der Waals surface area contributed by atoms with E-state index in [0.29, 0.717) is 13.1 Å². The molecule has 1 atom stereocenters. The van der Waals surface area contributed by atoms with Gasteiger partial charge in [-0.1, -0.05) is 18.2 Å². The highest BCUT2D eigenvalue weighted by Gasteiger charge is 2.23. The fraction of sp³-hybridized carbons (Fsp3) is 0.400. The normalized spacial score (nSPS) is 19.0. The lowest BCUT2D eigenvalue weighted by atomic mass is 10.1. The van der Waals surface area contributed by atoms with Gasteiger partial charge in [-0.05, 0) is 12.5 Å². The molecule has 2 heterocycles. The third-order valence-electron chi connectivity index (χ3n) is 3.71. The number of carbonyl (C=O) groups excluding carboxylic acids is 1. The van der Waals surface area contributed by atoms with E-state index in [0.717, 1.165) is 17.7 Å². The predicted molar refractivity (Wildman–Crippen MR) is 82.8 cm³/mol. The van der Waals surface area contributed by atoms with Crippen LogP contribution in [0.3, 0.4) is 0 Å². The Morgan fingerprint density at radius 3 is 3.00 bits per heavy atom. The maximum atomic E-state index is 13.9. The van der Waals surface area contributed by atoms with Crippen molar-refractivity contribution in [3.05, 3.63) is 48.3 Å². The summed E-state index contributed by atoms with van der Waals surface area (Å²) in [7, 11) is 0. The van der Waals surface area contributed by atoms with Crippen LogP contribution < -0.4 is 0 Å². The largest absolute Gasteiger partial charge is 0.340 e. The van der Waals surface area contributed by atoms with Gasteiger partial charge >= 0.3 is 0 Å². The summed E-state index contributed by atoms with van der Waals surface area (Å²) >= 11 is 1.71. The number of nitrogens with zero attached hydrogens (tertiary/aromatic N) is 4. The van der Waals surface area contributed by atoms with E-state index in [-0.39, 0.29) is 23.5 Å². The van der Waals surface area contributed by atoms with E-state index in [9.17, 15) is 9.18 Å². The van der Waals surface area contributed by atoms with E-state index in [4.69, 9.17) is 0 Å². The molecular weight excluding hydrogens is 303 g/mol. The zero-order valence-corrected chi connectivity index (χ0v) is 12.9. The number of hydrogen-bond donors (Lipinski definition) is 0. The van der Waals surface area contributed by atoms with Crippen molar-refractivity contribution < 1.29 is 9.18 Å². The van der Waals surface area contributed by atoms with E-state index >= 15 is 0 Å². The summed E-state index contributed by atoms with van der Waals surface area (Å²) in [5.41, 5.74) is 0.734. The predicted octanol–water partition coefficient (Wildman–Crippen LogP) is 2.12. The van der Waals surface area contributed by atoms with E-state index in [2.05, 4.69) is 10.1 Å². The van der Waals surface area contributed by atoms with Gasteiger partial charge in [0.1, 0.15) is 25.0 Å². The third kappa shape index (κ3) is 3.47. The molecule has 1 aromatic heterocycles. The van der Waals surface area contributed by atoms with Crippen molar-refractivity contribution in [1.82, 2.24) is 19.7 Å². The van der Waals surface area contributed by atoms with Crippen LogP contribution in [0.15, 0.2) is 36.9 Å². The highest BCUT2D eigenvalue weighted by molar-refractivity contribution is 7.99. The minimum atomic E-state index is -0.164. The van der Waals surface area contributed by atoms with Gasteiger partial charge in [-0.3, -0.25) is 4.79 Å². The van der Waals surface area contributed by atoms with Gasteiger partial charge in [0.25, 0.3) is 0 Å². The standard InChI is InChI=1S/C15H17FN4OS/c16-13-4-2-1-3-12(13)14-5-6-19(7-8-22-14)15(21)9-20-11-17-10-18-20/h1-4,10-11,14H,5-9H2. The molecule has 0 spiro atoms. The first kappa shape index (κ1) is 15.0. The molecule has 2 aromatic rings. The molecule has 0 bridgehead atoms. The smallest absolute Gasteiger partial charge is 0.244 e. The van der Waals surface area contributed by atoms with Gasteiger partial charge < -0.3 is 4.90 Å². The number of hydrogen-bond acceptors (Lipinski definition) is 4. The van der Waals surface area contributed by atoms with E-state index in [1.54, 1.807) is 17.8 Å². The number of halogens is 1. The average molecular weight is 320 g/mol. The number of carbonyl (C=O) groups is 1. The second-order valence-electron chi connectivity index (χ2n) is 5.14. The number of thioether (sulfide) groups is 1. The first-order valence-corrected chi connectivity index (χ1v) is 8.25. The molecule has 22 heavy (non-hydrogen) atoms. The second kappa shape index (κ2) is 6.91. The van der Waals surface area contributed by atoms with Crippen molar-refractivity contribution in [2.45, 2.75) is 18.2 Å². The molecule has 7 heteroatoms. The Balaban J connectivity index is 1.62. The lowest BCUT2D eigenvalue weighted by Gasteiger charge is -2.20. The molecule has 1 unspecified atom stereocenters. The summed E-state index contributed by atoms with van der Waals surface area (Å²) < 4.78 is 15.4. The van der Waals surface area contributed by atoms with E-state index in [1.807, 2.05) is 17.0 Å². The Bertz CT molecular complexity index is 634. The van der Waals surface area contributed by atoms with Gasteiger partial charge in [-0.15, -0.1) is 0 Å². The zero-order valence-electron chi connectivity index (χ0n) is 12.1. The molecule has 1 saturated heterocycles. The monoisotopic (exact) mass is 320 g/mol. The van der Waals surface area contributed by atoms with Crippen molar-refractivity contribution in [3.63, 3.8) is 0 Å². The maximum Gasteiger partial charge on any atom is 0.244 e. The van der Waals surface area contributed by atoms with Gasteiger partial charge in [-0.25, -0.2) is 14.1 Å². The van der Waals surface area contributed by atoms with Gasteiger partial charge in [0.2, 0.25) is 5.91 Å². The van der Waals surface area contributed by atoms with Crippen LogP contribution in [0.2, 0.25) is 0 Å². The van der Waals surface area contributed by atoms with Crippen LogP contribution in [0, 0.1) is 5.82 Å². The Morgan fingerprint density at radius 1 is 1.36 bits per heavy atom. The molecule has 5 nitrogen and oxygen atoms in total. The summed E-state index contributed by atoms with van der Waals surface area (Å²) in [4.78, 5) is 17.9. The molecule has 116 valence electrons.